The van der Waals surface area contributed by atoms with E-state index < -0.39 is 5.54 Å². The molecule has 3 aromatic rings. The Labute approximate surface area is 186 Å². The summed E-state index contributed by atoms with van der Waals surface area (Å²) in [5.41, 5.74) is 3.99. The number of urea groups is 1. The molecule has 1 atom stereocenters. The molecule has 2 amide bonds. The molecule has 0 radical (unpaired) electrons. The molecule has 156 valence electrons. The molecule has 32 heavy (non-hydrogen) atoms. The molecule has 0 unspecified atom stereocenters. The normalized spacial score (nSPS) is 18.8. The number of hydrogen-bond acceptors (Lipinski definition) is 2. The van der Waals surface area contributed by atoms with Gasteiger partial charge in [0, 0.05) is 11.4 Å². The molecule has 5 rings (SSSR count). The third kappa shape index (κ3) is 2.93. The topological polar surface area (TPSA) is 41.5 Å². The van der Waals surface area contributed by atoms with Crippen LogP contribution in [0.25, 0.3) is 9.69 Å². The maximum Gasteiger partial charge on any atom is 0.330 e. The minimum Gasteiger partial charge on any atom is -0.376 e. The first kappa shape index (κ1) is 19.8. The number of hydrogen-bond donors (Lipinski definition) is 0. The number of carbonyl (C=O) groups excluding carboxylic acids is 1. The monoisotopic (exact) mass is 420 g/mol. The molecule has 2 fully saturated rings. The van der Waals surface area contributed by atoms with Gasteiger partial charge >= 0.3 is 6.03 Å². The van der Waals surface area contributed by atoms with Crippen LogP contribution in [0.1, 0.15) is 17.2 Å². The molecular formula is C26H20N4O2. The standard InChI is InChI=1S/C26H20N4O2/c1-18-7-11-23(12-8-18)30-25(31)29(22-13-9-20(27-2)10-14-22)24(26(30)16-32-17-26)19-5-4-6-21(15-19)28-3/h4-15,24H,16-17H2,1H3/t24-/m0/s1. The molecule has 6 nitrogen and oxygen atoms in total. The van der Waals surface area contributed by atoms with Gasteiger partial charge in [0.25, 0.3) is 0 Å². The lowest BCUT2D eigenvalue weighted by Crippen LogP contribution is -2.62. The molecule has 2 aliphatic rings. The number of ether oxygens (including phenoxy) is 1. The zero-order valence-electron chi connectivity index (χ0n) is 17.5. The van der Waals surface area contributed by atoms with Crippen molar-refractivity contribution in [2.24, 2.45) is 0 Å². The van der Waals surface area contributed by atoms with Gasteiger partial charge in [-0.25, -0.2) is 14.5 Å². The van der Waals surface area contributed by atoms with Gasteiger partial charge in [-0.05, 0) is 36.8 Å². The second-order valence-electron chi connectivity index (χ2n) is 8.16. The first-order chi connectivity index (χ1) is 15.6. The van der Waals surface area contributed by atoms with Gasteiger partial charge < -0.3 is 4.74 Å². The summed E-state index contributed by atoms with van der Waals surface area (Å²) in [5, 5.41) is 0. The van der Waals surface area contributed by atoms with Crippen LogP contribution in [0.5, 0.6) is 0 Å². The van der Waals surface area contributed by atoms with Crippen molar-refractivity contribution in [3.05, 3.63) is 107 Å². The van der Waals surface area contributed by atoms with Crippen LogP contribution in [0.15, 0.2) is 72.8 Å². The minimum atomic E-state index is -0.592. The summed E-state index contributed by atoms with van der Waals surface area (Å²) in [6, 6.07) is 21.9. The highest BCUT2D eigenvalue weighted by Gasteiger charge is 2.62. The molecule has 0 aromatic heterocycles. The van der Waals surface area contributed by atoms with Crippen LogP contribution < -0.4 is 9.80 Å². The Balaban J connectivity index is 1.70. The molecule has 6 heteroatoms. The van der Waals surface area contributed by atoms with E-state index >= 15 is 0 Å². The highest BCUT2D eigenvalue weighted by atomic mass is 16.5. The quantitative estimate of drug-likeness (QED) is 0.484. The fourth-order valence-corrected chi connectivity index (χ4v) is 4.60. The largest absolute Gasteiger partial charge is 0.376 e. The maximum atomic E-state index is 14.0. The van der Waals surface area contributed by atoms with Gasteiger partial charge in [0.2, 0.25) is 0 Å². The molecule has 2 heterocycles. The molecule has 0 bridgehead atoms. The number of anilines is 2. The van der Waals surface area contributed by atoms with E-state index in [9.17, 15) is 4.79 Å². The van der Waals surface area contributed by atoms with Crippen LogP contribution in [-0.4, -0.2) is 24.8 Å². The Morgan fingerprint density at radius 2 is 1.56 bits per heavy atom. The second-order valence-corrected chi connectivity index (χ2v) is 8.16. The van der Waals surface area contributed by atoms with Crippen LogP contribution in [0.2, 0.25) is 0 Å². The summed E-state index contributed by atoms with van der Waals surface area (Å²) in [6.07, 6.45) is 0. The Hall–Kier alpha value is -4.13. The van der Waals surface area contributed by atoms with Crippen LogP contribution in [0.3, 0.4) is 0 Å². The Bertz CT molecular complexity index is 1260. The highest BCUT2D eigenvalue weighted by molar-refractivity contribution is 6.09. The minimum absolute atomic E-state index is 0.147. The highest BCUT2D eigenvalue weighted by Crippen LogP contribution is 2.51. The van der Waals surface area contributed by atoms with Crippen LogP contribution in [-0.2, 0) is 4.74 Å². The van der Waals surface area contributed by atoms with Gasteiger partial charge in [0.15, 0.2) is 11.4 Å². The molecular weight excluding hydrogens is 400 g/mol. The predicted octanol–water partition coefficient (Wildman–Crippen LogP) is 6.05. The third-order valence-corrected chi connectivity index (χ3v) is 6.18. The average molecular weight is 420 g/mol. The number of benzene rings is 3. The zero-order valence-corrected chi connectivity index (χ0v) is 17.5. The van der Waals surface area contributed by atoms with E-state index in [1.807, 2.05) is 66.4 Å². The summed E-state index contributed by atoms with van der Waals surface area (Å²) < 4.78 is 5.69. The zero-order chi connectivity index (χ0) is 22.3. The number of nitrogens with zero attached hydrogens (tertiary/aromatic N) is 4. The van der Waals surface area contributed by atoms with Crippen molar-refractivity contribution in [3.8, 4) is 0 Å². The molecule has 0 aliphatic carbocycles. The summed E-state index contributed by atoms with van der Waals surface area (Å²) in [4.78, 5) is 24.6. The third-order valence-electron chi connectivity index (χ3n) is 6.18. The van der Waals surface area contributed by atoms with Crippen molar-refractivity contribution in [1.29, 1.82) is 0 Å². The molecule has 0 N–H and O–H groups in total. The van der Waals surface area contributed by atoms with Crippen molar-refractivity contribution in [2.75, 3.05) is 23.0 Å². The van der Waals surface area contributed by atoms with E-state index in [-0.39, 0.29) is 12.1 Å². The lowest BCUT2D eigenvalue weighted by Gasteiger charge is -2.47. The van der Waals surface area contributed by atoms with Crippen molar-refractivity contribution in [2.45, 2.75) is 18.5 Å². The van der Waals surface area contributed by atoms with E-state index in [4.69, 9.17) is 17.9 Å². The van der Waals surface area contributed by atoms with Crippen LogP contribution >= 0.6 is 0 Å². The lowest BCUT2D eigenvalue weighted by atomic mass is 9.82. The summed E-state index contributed by atoms with van der Waals surface area (Å²) in [5.74, 6) is 0. The molecule has 0 saturated carbocycles. The van der Waals surface area contributed by atoms with Gasteiger partial charge in [-0.2, -0.15) is 0 Å². The van der Waals surface area contributed by atoms with Crippen molar-refractivity contribution < 1.29 is 9.53 Å². The Kier molecular flexibility index (Phi) is 4.66. The van der Waals surface area contributed by atoms with Gasteiger partial charge in [0.05, 0.1) is 32.4 Å². The summed E-state index contributed by atoms with van der Waals surface area (Å²) in [6.45, 7) is 17.5. The van der Waals surface area contributed by atoms with Crippen LogP contribution in [0, 0.1) is 20.1 Å². The van der Waals surface area contributed by atoms with E-state index in [0.29, 0.717) is 30.3 Å². The lowest BCUT2D eigenvalue weighted by molar-refractivity contribution is -0.0579. The van der Waals surface area contributed by atoms with Gasteiger partial charge in [0.1, 0.15) is 5.54 Å². The van der Waals surface area contributed by atoms with Crippen molar-refractivity contribution >= 4 is 28.8 Å². The SMILES string of the molecule is [C-]#[N+]c1ccc(N2C(=O)N(c3ccc(C)cc3)C3(COC3)[C@@H]2c2cccc([N+]#[C-])c2)cc1. The first-order valence-electron chi connectivity index (χ1n) is 10.3. The number of rotatable bonds is 3. The maximum absolute atomic E-state index is 14.0. The van der Waals surface area contributed by atoms with Crippen molar-refractivity contribution in [3.63, 3.8) is 0 Å². The number of amides is 2. The van der Waals surface area contributed by atoms with Gasteiger partial charge in [-0.3, -0.25) is 9.80 Å². The van der Waals surface area contributed by atoms with Gasteiger partial charge in [-0.15, -0.1) is 0 Å². The molecule has 2 aliphatic heterocycles. The second kappa shape index (κ2) is 7.53. The predicted molar refractivity (Wildman–Crippen MR) is 123 cm³/mol. The van der Waals surface area contributed by atoms with Crippen LogP contribution in [0.4, 0.5) is 27.5 Å². The Morgan fingerprint density at radius 3 is 2.16 bits per heavy atom. The summed E-state index contributed by atoms with van der Waals surface area (Å²) >= 11 is 0. The van der Waals surface area contributed by atoms with Gasteiger partial charge in [-0.1, -0.05) is 54.1 Å². The molecule has 1 spiro atoms. The van der Waals surface area contributed by atoms with E-state index in [1.54, 1.807) is 23.1 Å². The fraction of sp³-hybridized carbons (Fsp3) is 0.192. The first-order valence-corrected chi connectivity index (χ1v) is 10.3. The molecule has 2 saturated heterocycles. The number of carbonyl (C=O) groups is 1. The molecule has 3 aromatic carbocycles. The Morgan fingerprint density at radius 1 is 0.906 bits per heavy atom. The fourth-order valence-electron chi connectivity index (χ4n) is 4.60. The number of aryl methyl sites for hydroxylation is 1. The van der Waals surface area contributed by atoms with E-state index in [1.165, 1.54) is 0 Å². The van der Waals surface area contributed by atoms with Crippen molar-refractivity contribution in [1.82, 2.24) is 0 Å². The van der Waals surface area contributed by atoms with E-state index in [0.717, 1.165) is 16.8 Å². The summed E-state index contributed by atoms with van der Waals surface area (Å²) in [7, 11) is 0. The smallest absolute Gasteiger partial charge is 0.330 e. The van der Waals surface area contributed by atoms with E-state index in [2.05, 4.69) is 9.69 Å². The average Bonchev–Trinajstić information content (AvgIpc) is 3.09.